The third kappa shape index (κ3) is 4.69. The minimum absolute atomic E-state index is 0.152. The first-order valence-corrected chi connectivity index (χ1v) is 18.7. The minimum atomic E-state index is -0.510. The van der Waals surface area contributed by atoms with Gasteiger partial charge in [0.05, 0.1) is 11.1 Å². The fourth-order valence-electron chi connectivity index (χ4n) is 9.36. The van der Waals surface area contributed by atoms with Crippen LogP contribution in [0.25, 0.3) is 33.4 Å². The third-order valence-corrected chi connectivity index (χ3v) is 11.8. The van der Waals surface area contributed by atoms with E-state index in [1.807, 2.05) is 12.1 Å². The van der Waals surface area contributed by atoms with E-state index >= 15 is 0 Å². The molecular formula is C52H38FN. The van der Waals surface area contributed by atoms with Crippen molar-refractivity contribution in [2.45, 2.75) is 24.7 Å². The van der Waals surface area contributed by atoms with E-state index in [0.29, 0.717) is 0 Å². The number of hydrogen-bond acceptors (Lipinski definition) is 1. The van der Waals surface area contributed by atoms with E-state index < -0.39 is 5.41 Å². The highest BCUT2D eigenvalue weighted by molar-refractivity contribution is 5.98. The number of hydrogen-bond donors (Lipinski definition) is 0. The number of benzene rings is 8. The van der Waals surface area contributed by atoms with E-state index in [1.54, 1.807) is 0 Å². The van der Waals surface area contributed by atoms with Crippen molar-refractivity contribution in [3.05, 3.63) is 233 Å². The molecule has 10 rings (SSSR count). The number of halogens is 1. The summed E-state index contributed by atoms with van der Waals surface area (Å²) in [4.78, 5) is 2.44. The molecule has 0 N–H and O–H groups in total. The zero-order valence-electron chi connectivity index (χ0n) is 30.3. The summed E-state index contributed by atoms with van der Waals surface area (Å²) in [5.74, 6) is -0.233. The Balaban J connectivity index is 1.24. The second-order valence-electron chi connectivity index (χ2n) is 15.0. The largest absolute Gasteiger partial charge is 0.310 e. The van der Waals surface area contributed by atoms with Crippen molar-refractivity contribution < 1.29 is 4.39 Å². The second-order valence-corrected chi connectivity index (χ2v) is 15.0. The van der Waals surface area contributed by atoms with Crippen molar-refractivity contribution >= 4 is 17.1 Å². The predicted molar refractivity (Wildman–Crippen MR) is 221 cm³/mol. The highest BCUT2D eigenvalue weighted by Crippen LogP contribution is 2.60. The van der Waals surface area contributed by atoms with Crippen LogP contribution in [0.5, 0.6) is 0 Å². The monoisotopic (exact) mass is 695 g/mol. The van der Waals surface area contributed by atoms with Gasteiger partial charge in [0.15, 0.2) is 0 Å². The molecule has 0 atom stereocenters. The Morgan fingerprint density at radius 3 is 1.59 bits per heavy atom. The van der Waals surface area contributed by atoms with Crippen LogP contribution in [0, 0.1) is 5.82 Å². The van der Waals surface area contributed by atoms with Gasteiger partial charge in [-0.05, 0) is 104 Å². The molecule has 2 aliphatic rings. The summed E-state index contributed by atoms with van der Waals surface area (Å²) in [5.41, 5.74) is 17.4. The number of fused-ring (bicyclic) bond motifs is 6. The van der Waals surface area contributed by atoms with Crippen molar-refractivity contribution in [2.24, 2.45) is 0 Å². The normalized spacial score (nSPS) is 14.1. The molecule has 8 aromatic carbocycles. The van der Waals surface area contributed by atoms with Crippen molar-refractivity contribution in [1.29, 1.82) is 0 Å². The molecule has 1 nitrogen and oxygen atoms in total. The molecule has 0 saturated carbocycles. The molecule has 0 bridgehead atoms. The lowest BCUT2D eigenvalue weighted by Gasteiger charge is -2.34. The lowest BCUT2D eigenvalue weighted by molar-refractivity contribution is 0.628. The predicted octanol–water partition coefficient (Wildman–Crippen LogP) is 13.6. The third-order valence-electron chi connectivity index (χ3n) is 11.8. The number of nitrogens with zero attached hydrogens (tertiary/aromatic N) is 1. The molecule has 0 heterocycles. The van der Waals surface area contributed by atoms with Crippen LogP contribution in [0.15, 0.2) is 194 Å². The Morgan fingerprint density at radius 1 is 0.407 bits per heavy atom. The van der Waals surface area contributed by atoms with Crippen molar-refractivity contribution in [3.8, 4) is 33.4 Å². The zero-order valence-corrected chi connectivity index (χ0v) is 30.3. The molecule has 2 aliphatic carbocycles. The molecule has 0 fully saturated rings. The maximum Gasteiger partial charge on any atom is 0.123 e. The van der Waals surface area contributed by atoms with Crippen LogP contribution in [0.3, 0.4) is 0 Å². The molecule has 8 aromatic rings. The van der Waals surface area contributed by atoms with Crippen LogP contribution in [0.2, 0.25) is 0 Å². The minimum Gasteiger partial charge on any atom is -0.310 e. The summed E-state index contributed by atoms with van der Waals surface area (Å²) < 4.78 is 13.9. The van der Waals surface area contributed by atoms with Crippen LogP contribution >= 0.6 is 0 Å². The first-order valence-electron chi connectivity index (χ1n) is 18.7. The number of rotatable bonds is 6. The molecule has 0 spiro atoms. The molecule has 0 amide bonds. The van der Waals surface area contributed by atoms with Gasteiger partial charge in [0, 0.05) is 22.4 Å². The Labute approximate surface area is 316 Å². The van der Waals surface area contributed by atoms with Gasteiger partial charge in [-0.25, -0.2) is 4.39 Å². The fraction of sp³-hybridized carbons (Fsp3) is 0.0769. The molecule has 2 heteroatoms. The molecule has 258 valence electrons. The second kappa shape index (κ2) is 12.3. The lowest BCUT2D eigenvalue weighted by Crippen LogP contribution is -2.28. The molecule has 0 aliphatic heterocycles. The molecule has 0 unspecified atom stereocenters. The van der Waals surface area contributed by atoms with Crippen molar-refractivity contribution in [3.63, 3.8) is 0 Å². The van der Waals surface area contributed by atoms with E-state index in [2.05, 4.69) is 189 Å². The Morgan fingerprint density at radius 2 is 0.926 bits per heavy atom. The molecule has 0 aromatic heterocycles. The first-order chi connectivity index (χ1) is 26.5. The summed E-state index contributed by atoms with van der Waals surface area (Å²) >= 11 is 0. The Kier molecular flexibility index (Phi) is 7.32. The van der Waals surface area contributed by atoms with Gasteiger partial charge in [-0.2, -0.15) is 0 Å². The topological polar surface area (TPSA) is 3.24 Å². The van der Waals surface area contributed by atoms with Gasteiger partial charge >= 0.3 is 0 Å². The van der Waals surface area contributed by atoms with Gasteiger partial charge in [-0.1, -0.05) is 166 Å². The smallest absolute Gasteiger partial charge is 0.123 e. The average Bonchev–Trinajstić information content (AvgIpc) is 3.66. The Bertz CT molecular complexity index is 2640. The van der Waals surface area contributed by atoms with E-state index in [0.717, 1.165) is 28.2 Å². The fourth-order valence-corrected chi connectivity index (χ4v) is 9.36. The van der Waals surface area contributed by atoms with Gasteiger partial charge in [0.25, 0.3) is 0 Å². The molecule has 54 heavy (non-hydrogen) atoms. The average molecular weight is 696 g/mol. The summed E-state index contributed by atoms with van der Waals surface area (Å²) in [5, 5.41) is 0. The molecule has 0 saturated heterocycles. The highest BCUT2D eigenvalue weighted by atomic mass is 19.1. The zero-order chi connectivity index (χ0) is 36.4. The molecular weight excluding hydrogens is 658 g/mol. The van der Waals surface area contributed by atoms with Crippen molar-refractivity contribution in [2.75, 3.05) is 4.90 Å². The maximum atomic E-state index is 13.9. The first kappa shape index (κ1) is 32.2. The van der Waals surface area contributed by atoms with Gasteiger partial charge in [0.1, 0.15) is 5.82 Å². The lowest BCUT2D eigenvalue weighted by atomic mass is 9.68. The van der Waals surface area contributed by atoms with Gasteiger partial charge in [0.2, 0.25) is 0 Å². The quantitative estimate of drug-likeness (QED) is 0.167. The van der Waals surface area contributed by atoms with Crippen LogP contribution in [-0.2, 0) is 10.8 Å². The van der Waals surface area contributed by atoms with Gasteiger partial charge in [-0.3, -0.25) is 0 Å². The standard InChI is InChI=1S/C52H38FN/c1-51(2)45-20-11-9-18-42(45)43-33-32-41(34-48(43)51)54(40-30-26-36(27-31-40)35-24-28-39(53)29-25-35)49-23-13-22-47-50(49)44-19-10-12-21-46(44)52(47,37-14-5-3-6-15-37)38-16-7-4-8-17-38/h3-34H,1-2H3. The number of anilines is 3. The van der Waals surface area contributed by atoms with Crippen molar-refractivity contribution in [1.82, 2.24) is 0 Å². The maximum absolute atomic E-state index is 13.9. The van der Waals surface area contributed by atoms with E-state index in [9.17, 15) is 4.39 Å². The summed E-state index contributed by atoms with van der Waals surface area (Å²) in [6, 6.07) is 69.0. The van der Waals surface area contributed by atoms with Crippen LogP contribution < -0.4 is 4.90 Å². The highest BCUT2D eigenvalue weighted by Gasteiger charge is 2.47. The van der Waals surface area contributed by atoms with Crippen LogP contribution in [0.4, 0.5) is 21.5 Å². The van der Waals surface area contributed by atoms with Gasteiger partial charge in [-0.15, -0.1) is 0 Å². The van der Waals surface area contributed by atoms with E-state index in [1.165, 1.54) is 67.8 Å². The summed E-state index contributed by atoms with van der Waals surface area (Å²) in [6.07, 6.45) is 0. The van der Waals surface area contributed by atoms with E-state index in [4.69, 9.17) is 0 Å². The SMILES string of the molecule is CC1(C)c2ccccc2-c2ccc(N(c3ccc(-c4ccc(F)cc4)cc3)c3cccc4c3-c3ccccc3C4(c3ccccc3)c3ccccc3)cc21. The van der Waals surface area contributed by atoms with Gasteiger partial charge < -0.3 is 4.90 Å². The van der Waals surface area contributed by atoms with E-state index in [-0.39, 0.29) is 11.2 Å². The summed E-state index contributed by atoms with van der Waals surface area (Å²) in [6.45, 7) is 4.68. The molecule has 0 radical (unpaired) electrons. The van der Waals surface area contributed by atoms with Crippen LogP contribution in [-0.4, -0.2) is 0 Å². The Hall–Kier alpha value is -6.51. The van der Waals surface area contributed by atoms with Crippen LogP contribution in [0.1, 0.15) is 47.2 Å². The summed E-state index contributed by atoms with van der Waals surface area (Å²) in [7, 11) is 0.